The Bertz CT molecular complexity index is 279. The van der Waals surface area contributed by atoms with Crippen LogP contribution in [0.25, 0.3) is 0 Å². The fourth-order valence-electron chi connectivity index (χ4n) is 1.56. The number of thioether (sulfide) groups is 1. The van der Waals surface area contributed by atoms with Crippen molar-refractivity contribution < 1.29 is 0 Å². The highest BCUT2D eigenvalue weighted by Crippen LogP contribution is 2.20. The lowest BCUT2D eigenvalue weighted by atomic mass is 10.2. The molecule has 120 valence electrons. The van der Waals surface area contributed by atoms with Gasteiger partial charge in [-0.2, -0.15) is 11.8 Å². The lowest BCUT2D eigenvalue weighted by molar-refractivity contribution is 0.255. The van der Waals surface area contributed by atoms with Crippen molar-refractivity contribution in [2.75, 3.05) is 39.5 Å². The third-order valence-corrected chi connectivity index (χ3v) is 4.85. The molecule has 0 amide bonds. The van der Waals surface area contributed by atoms with Crippen molar-refractivity contribution in [2.24, 2.45) is 4.99 Å². The standard InChI is InChI=1S/C15H34N4S/c1-8-13(3)19(6)11-10-17-14(16-9-2)18-12-15(4,5)20-7/h13H,8-12H2,1-7H3,(H2,16,17,18). The molecule has 0 aliphatic carbocycles. The molecule has 2 N–H and O–H groups in total. The molecule has 0 aliphatic rings. The third kappa shape index (κ3) is 8.69. The highest BCUT2D eigenvalue weighted by Gasteiger charge is 2.15. The summed E-state index contributed by atoms with van der Waals surface area (Å²) in [4.78, 5) is 7.05. The first-order valence-electron chi connectivity index (χ1n) is 7.63. The van der Waals surface area contributed by atoms with Gasteiger partial charge in [0.2, 0.25) is 0 Å². The van der Waals surface area contributed by atoms with E-state index in [9.17, 15) is 0 Å². The highest BCUT2D eigenvalue weighted by atomic mass is 32.2. The average molecular weight is 303 g/mol. The molecule has 0 rings (SSSR count). The molecule has 0 radical (unpaired) electrons. The summed E-state index contributed by atoms with van der Waals surface area (Å²) in [5, 5.41) is 6.72. The number of guanidine groups is 1. The summed E-state index contributed by atoms with van der Waals surface area (Å²) in [5.41, 5.74) is 0. The van der Waals surface area contributed by atoms with E-state index < -0.39 is 0 Å². The third-order valence-electron chi connectivity index (χ3n) is 3.61. The van der Waals surface area contributed by atoms with Gasteiger partial charge in [-0.05, 0) is 47.4 Å². The zero-order valence-electron chi connectivity index (χ0n) is 14.4. The molecule has 0 aromatic carbocycles. The number of hydrogen-bond acceptors (Lipinski definition) is 3. The Hall–Kier alpha value is -0.420. The van der Waals surface area contributed by atoms with Crippen LogP contribution in [0, 0.1) is 0 Å². The summed E-state index contributed by atoms with van der Waals surface area (Å²) >= 11 is 1.85. The Morgan fingerprint density at radius 2 is 1.95 bits per heavy atom. The zero-order chi connectivity index (χ0) is 15.6. The van der Waals surface area contributed by atoms with E-state index in [1.807, 2.05) is 11.8 Å². The Kier molecular flexibility index (Phi) is 10.1. The lowest BCUT2D eigenvalue weighted by Crippen LogP contribution is -2.43. The summed E-state index contributed by atoms with van der Waals surface area (Å²) in [6.45, 7) is 14.7. The van der Waals surface area contributed by atoms with Crippen molar-refractivity contribution in [3.8, 4) is 0 Å². The second-order valence-corrected chi connectivity index (χ2v) is 7.34. The van der Waals surface area contributed by atoms with Crippen LogP contribution >= 0.6 is 11.8 Å². The minimum Gasteiger partial charge on any atom is -0.357 e. The minimum absolute atomic E-state index is 0.190. The van der Waals surface area contributed by atoms with Crippen LogP contribution in [-0.2, 0) is 0 Å². The van der Waals surface area contributed by atoms with E-state index in [0.29, 0.717) is 6.04 Å². The molecule has 20 heavy (non-hydrogen) atoms. The highest BCUT2D eigenvalue weighted by molar-refractivity contribution is 7.99. The van der Waals surface area contributed by atoms with E-state index >= 15 is 0 Å². The van der Waals surface area contributed by atoms with Crippen LogP contribution in [0.1, 0.15) is 41.0 Å². The van der Waals surface area contributed by atoms with Gasteiger partial charge in [0.25, 0.3) is 0 Å². The Balaban J connectivity index is 4.24. The molecule has 0 bridgehead atoms. The van der Waals surface area contributed by atoms with Crippen molar-refractivity contribution in [1.29, 1.82) is 0 Å². The van der Waals surface area contributed by atoms with Gasteiger partial charge in [0.05, 0.1) is 6.54 Å². The van der Waals surface area contributed by atoms with Crippen LogP contribution in [0.4, 0.5) is 0 Å². The zero-order valence-corrected chi connectivity index (χ0v) is 15.2. The van der Waals surface area contributed by atoms with Crippen molar-refractivity contribution in [1.82, 2.24) is 15.5 Å². The number of likely N-dealkylation sites (N-methyl/N-ethyl adjacent to an activating group) is 1. The van der Waals surface area contributed by atoms with Gasteiger partial charge in [0.15, 0.2) is 5.96 Å². The SMILES string of the molecule is CCNC(=NCC(C)(C)SC)NCCN(C)C(C)CC. The summed E-state index contributed by atoms with van der Waals surface area (Å²) < 4.78 is 0.190. The topological polar surface area (TPSA) is 39.7 Å². The first-order valence-corrected chi connectivity index (χ1v) is 8.86. The van der Waals surface area contributed by atoms with Crippen molar-refractivity contribution >= 4 is 17.7 Å². The quantitative estimate of drug-likeness (QED) is 0.507. The maximum absolute atomic E-state index is 4.67. The van der Waals surface area contributed by atoms with Gasteiger partial charge in [-0.15, -0.1) is 0 Å². The Morgan fingerprint density at radius 1 is 1.30 bits per heavy atom. The predicted molar refractivity (Wildman–Crippen MR) is 94.0 cm³/mol. The van der Waals surface area contributed by atoms with Crippen LogP contribution in [0.3, 0.4) is 0 Å². The smallest absolute Gasteiger partial charge is 0.191 e. The number of hydrogen-bond donors (Lipinski definition) is 2. The second kappa shape index (κ2) is 10.3. The molecule has 4 nitrogen and oxygen atoms in total. The molecule has 1 unspecified atom stereocenters. The normalized spacial score (nSPS) is 14.5. The summed E-state index contributed by atoms with van der Waals surface area (Å²) in [6.07, 6.45) is 3.32. The van der Waals surface area contributed by atoms with E-state index in [-0.39, 0.29) is 4.75 Å². The van der Waals surface area contributed by atoms with E-state index in [2.05, 4.69) is 68.4 Å². The monoisotopic (exact) mass is 302 g/mol. The van der Waals surface area contributed by atoms with Crippen LogP contribution in [0.2, 0.25) is 0 Å². The molecule has 0 heterocycles. The number of nitrogens with zero attached hydrogens (tertiary/aromatic N) is 2. The minimum atomic E-state index is 0.190. The van der Waals surface area contributed by atoms with Crippen LogP contribution in [0.15, 0.2) is 4.99 Å². The van der Waals surface area contributed by atoms with Crippen molar-refractivity contribution in [2.45, 2.75) is 51.8 Å². The van der Waals surface area contributed by atoms with E-state index in [1.54, 1.807) is 0 Å². The molecule has 0 fully saturated rings. The first kappa shape index (κ1) is 19.6. The van der Waals surface area contributed by atoms with Gasteiger partial charge >= 0.3 is 0 Å². The van der Waals surface area contributed by atoms with Crippen molar-refractivity contribution in [3.05, 3.63) is 0 Å². The maximum atomic E-state index is 4.67. The molecule has 0 aliphatic heterocycles. The van der Waals surface area contributed by atoms with Crippen molar-refractivity contribution in [3.63, 3.8) is 0 Å². The molecule has 0 aromatic rings. The number of aliphatic imine (C=N–C) groups is 1. The van der Waals surface area contributed by atoms with E-state index in [4.69, 9.17) is 0 Å². The van der Waals surface area contributed by atoms with E-state index in [0.717, 1.165) is 32.1 Å². The van der Waals surface area contributed by atoms with Gasteiger partial charge in [-0.25, -0.2) is 0 Å². The molecular formula is C15H34N4S. The Morgan fingerprint density at radius 3 is 2.45 bits per heavy atom. The van der Waals surface area contributed by atoms with Gasteiger partial charge in [-0.3, -0.25) is 4.99 Å². The second-order valence-electron chi connectivity index (χ2n) is 5.82. The lowest BCUT2D eigenvalue weighted by Gasteiger charge is -2.24. The summed E-state index contributed by atoms with van der Waals surface area (Å²) in [5.74, 6) is 0.923. The fourth-order valence-corrected chi connectivity index (χ4v) is 1.75. The average Bonchev–Trinajstić information content (AvgIpc) is 2.43. The van der Waals surface area contributed by atoms with Gasteiger partial charge in [0.1, 0.15) is 0 Å². The van der Waals surface area contributed by atoms with Gasteiger partial charge in [0, 0.05) is 30.4 Å². The number of nitrogens with one attached hydrogen (secondary N) is 2. The molecule has 0 saturated carbocycles. The molecule has 0 spiro atoms. The Labute approximate surface area is 130 Å². The van der Waals surface area contributed by atoms with Crippen LogP contribution in [0.5, 0.6) is 0 Å². The number of rotatable bonds is 9. The van der Waals surface area contributed by atoms with Gasteiger partial charge < -0.3 is 15.5 Å². The fraction of sp³-hybridized carbons (Fsp3) is 0.933. The van der Waals surface area contributed by atoms with Crippen LogP contribution < -0.4 is 10.6 Å². The summed E-state index contributed by atoms with van der Waals surface area (Å²) in [6, 6.07) is 0.631. The van der Waals surface area contributed by atoms with Gasteiger partial charge in [-0.1, -0.05) is 6.92 Å². The largest absolute Gasteiger partial charge is 0.357 e. The van der Waals surface area contributed by atoms with Crippen LogP contribution in [-0.4, -0.2) is 61.1 Å². The summed E-state index contributed by atoms with van der Waals surface area (Å²) in [7, 11) is 2.18. The first-order chi connectivity index (χ1) is 9.36. The molecule has 0 aromatic heterocycles. The molecule has 0 saturated heterocycles. The van der Waals surface area contributed by atoms with E-state index in [1.165, 1.54) is 6.42 Å². The maximum Gasteiger partial charge on any atom is 0.191 e. The molecule has 1 atom stereocenters. The molecule has 5 heteroatoms. The predicted octanol–water partition coefficient (Wildman–Crippen LogP) is 2.41. The molecular weight excluding hydrogens is 268 g/mol.